The van der Waals surface area contributed by atoms with Crippen molar-refractivity contribution < 1.29 is 0 Å². The van der Waals surface area contributed by atoms with Crippen LogP contribution < -0.4 is 0 Å². The molecule has 0 amide bonds. The second-order valence-electron chi connectivity index (χ2n) is 4.99. The van der Waals surface area contributed by atoms with Crippen LogP contribution in [0, 0.1) is 0 Å². The van der Waals surface area contributed by atoms with Crippen LogP contribution in [0.25, 0.3) is 18.2 Å². The van der Waals surface area contributed by atoms with Gasteiger partial charge >= 0.3 is 0 Å². The molecule has 0 saturated heterocycles. The highest BCUT2D eigenvalue weighted by molar-refractivity contribution is 5.63. The predicted molar refractivity (Wildman–Crippen MR) is 103 cm³/mol. The van der Waals surface area contributed by atoms with Crippen LogP contribution in [-0.2, 0) is 0 Å². The highest BCUT2D eigenvalue weighted by atomic mass is 15.0. The summed E-state index contributed by atoms with van der Waals surface area (Å²) in [4.78, 5) is 2.00. The van der Waals surface area contributed by atoms with Crippen molar-refractivity contribution in [1.29, 1.82) is 0 Å². The first-order valence-electron chi connectivity index (χ1n) is 7.17. The number of rotatable bonds is 3. The maximum atomic E-state index is 3.69. The van der Waals surface area contributed by atoms with E-state index in [1.54, 1.807) is 0 Å². The Balaban J connectivity index is 0.000000330. The van der Waals surface area contributed by atoms with Crippen LogP contribution in [0.15, 0.2) is 74.3 Å². The average molecular weight is 293 g/mol. The van der Waals surface area contributed by atoms with Gasteiger partial charge in [-0.2, -0.15) is 0 Å². The van der Waals surface area contributed by atoms with Crippen LogP contribution in [0.5, 0.6) is 0 Å². The zero-order valence-electron chi connectivity index (χ0n) is 14.0. The van der Waals surface area contributed by atoms with E-state index in [4.69, 9.17) is 0 Å². The molecule has 0 saturated carbocycles. The van der Waals surface area contributed by atoms with Gasteiger partial charge < -0.3 is 4.90 Å². The molecule has 0 atom stereocenters. The molecule has 2 aromatic carbocycles. The third-order valence-corrected chi connectivity index (χ3v) is 2.47. The zero-order chi connectivity index (χ0) is 16.8. The van der Waals surface area contributed by atoms with E-state index in [2.05, 4.69) is 19.7 Å². The minimum Gasteiger partial charge on any atom is -0.312 e. The third-order valence-electron chi connectivity index (χ3n) is 2.47. The molecule has 0 heterocycles. The monoisotopic (exact) mass is 293 g/mol. The van der Waals surface area contributed by atoms with Gasteiger partial charge in [0.2, 0.25) is 0 Å². The molecule has 22 heavy (non-hydrogen) atoms. The molecule has 0 spiro atoms. The van der Waals surface area contributed by atoms with Crippen molar-refractivity contribution in [3.05, 3.63) is 91.0 Å². The Morgan fingerprint density at radius 1 is 0.636 bits per heavy atom. The van der Waals surface area contributed by atoms with E-state index in [1.165, 1.54) is 5.56 Å². The molecule has 0 bridgehead atoms. The standard InChI is InChI=1S/C10H10.C8H8.C3H9N/c1-3-9-7-5-6-8-10(9)4-2;1-2-8-6-4-3-5-7-8;1-4(2)3/h3-8H,1-2H2;2-7H,1H2;1-3H3. The Hall–Kier alpha value is -2.38. The lowest BCUT2D eigenvalue weighted by Crippen LogP contribution is -1.99. The van der Waals surface area contributed by atoms with Crippen molar-refractivity contribution in [1.82, 2.24) is 4.90 Å². The van der Waals surface area contributed by atoms with Crippen molar-refractivity contribution >= 4 is 18.2 Å². The smallest absolute Gasteiger partial charge is 0.0140 e. The summed E-state index contributed by atoms with van der Waals surface area (Å²) in [5.41, 5.74) is 3.45. The summed E-state index contributed by atoms with van der Waals surface area (Å²) in [5.74, 6) is 0. The fourth-order valence-corrected chi connectivity index (χ4v) is 1.47. The van der Waals surface area contributed by atoms with Crippen molar-refractivity contribution in [2.75, 3.05) is 21.1 Å². The topological polar surface area (TPSA) is 3.24 Å². The van der Waals surface area contributed by atoms with Crippen molar-refractivity contribution in [3.63, 3.8) is 0 Å². The predicted octanol–water partition coefficient (Wildman–Crippen LogP) is 5.48. The van der Waals surface area contributed by atoms with Crippen LogP contribution in [0.2, 0.25) is 0 Å². The molecule has 2 aromatic rings. The first-order valence-corrected chi connectivity index (χ1v) is 7.17. The number of benzene rings is 2. The van der Waals surface area contributed by atoms with E-state index in [9.17, 15) is 0 Å². The lowest BCUT2D eigenvalue weighted by Gasteiger charge is -1.96. The first kappa shape index (κ1) is 19.6. The molecule has 0 aromatic heterocycles. The number of hydrogen-bond acceptors (Lipinski definition) is 1. The van der Waals surface area contributed by atoms with E-state index in [1.807, 2.05) is 98.9 Å². The maximum Gasteiger partial charge on any atom is -0.0140 e. The van der Waals surface area contributed by atoms with E-state index in [0.717, 1.165) is 11.1 Å². The lowest BCUT2D eigenvalue weighted by atomic mass is 10.1. The maximum absolute atomic E-state index is 3.69. The van der Waals surface area contributed by atoms with Gasteiger partial charge in [-0.1, -0.05) is 92.6 Å². The molecule has 2 rings (SSSR count). The van der Waals surface area contributed by atoms with Gasteiger partial charge in [-0.25, -0.2) is 0 Å². The average Bonchev–Trinajstić information content (AvgIpc) is 2.55. The Kier molecular flexibility index (Phi) is 11.0. The SMILES string of the molecule is C=Cc1ccccc1.C=Cc1ccccc1C=C.CN(C)C. The second-order valence-corrected chi connectivity index (χ2v) is 4.99. The van der Waals surface area contributed by atoms with Crippen LogP contribution in [0.4, 0.5) is 0 Å². The minimum atomic E-state index is 1.14. The van der Waals surface area contributed by atoms with Gasteiger partial charge in [0, 0.05) is 0 Å². The van der Waals surface area contributed by atoms with Crippen molar-refractivity contribution in [2.45, 2.75) is 0 Å². The van der Waals surface area contributed by atoms with E-state index >= 15 is 0 Å². The Morgan fingerprint density at radius 2 is 1.00 bits per heavy atom. The van der Waals surface area contributed by atoms with Crippen molar-refractivity contribution in [3.8, 4) is 0 Å². The largest absolute Gasteiger partial charge is 0.312 e. The van der Waals surface area contributed by atoms with Crippen LogP contribution in [-0.4, -0.2) is 26.0 Å². The Bertz CT molecular complexity index is 523. The molecule has 0 fully saturated rings. The summed E-state index contributed by atoms with van der Waals surface area (Å²) >= 11 is 0. The Morgan fingerprint density at radius 3 is 1.27 bits per heavy atom. The molecule has 1 heteroatoms. The highest BCUT2D eigenvalue weighted by Gasteiger charge is 1.89. The molecule has 0 aliphatic carbocycles. The van der Waals surface area contributed by atoms with Crippen LogP contribution >= 0.6 is 0 Å². The number of hydrogen-bond donors (Lipinski definition) is 0. The van der Waals surface area contributed by atoms with Gasteiger partial charge in [0.1, 0.15) is 0 Å². The minimum absolute atomic E-state index is 1.14. The molecule has 0 aliphatic heterocycles. The Labute approximate surface area is 135 Å². The summed E-state index contributed by atoms with van der Waals surface area (Å²) in [7, 11) is 6.00. The fraction of sp³-hybridized carbons (Fsp3) is 0.143. The number of nitrogens with zero attached hydrogens (tertiary/aromatic N) is 1. The summed E-state index contributed by atoms with van der Waals surface area (Å²) in [5, 5.41) is 0. The molecular weight excluding hydrogens is 266 g/mol. The third kappa shape index (κ3) is 9.51. The second kappa shape index (κ2) is 12.4. The normalized spacial score (nSPS) is 8.73. The summed E-state index contributed by atoms with van der Waals surface area (Å²) < 4.78 is 0. The van der Waals surface area contributed by atoms with E-state index < -0.39 is 0 Å². The molecule has 0 radical (unpaired) electrons. The molecule has 116 valence electrons. The van der Waals surface area contributed by atoms with Gasteiger partial charge in [0.15, 0.2) is 0 Å². The van der Waals surface area contributed by atoms with Gasteiger partial charge in [-0.3, -0.25) is 0 Å². The van der Waals surface area contributed by atoms with Gasteiger partial charge in [0.05, 0.1) is 0 Å². The summed E-state index contributed by atoms with van der Waals surface area (Å²) in [6.07, 6.45) is 5.49. The molecule has 0 aliphatic rings. The molecule has 0 unspecified atom stereocenters. The molecule has 0 N–H and O–H groups in total. The molecule has 1 nitrogen and oxygen atoms in total. The van der Waals surface area contributed by atoms with Gasteiger partial charge in [-0.15, -0.1) is 0 Å². The highest BCUT2D eigenvalue weighted by Crippen LogP contribution is 2.10. The van der Waals surface area contributed by atoms with Gasteiger partial charge in [-0.05, 0) is 37.8 Å². The van der Waals surface area contributed by atoms with Crippen LogP contribution in [0.3, 0.4) is 0 Å². The van der Waals surface area contributed by atoms with E-state index in [0.29, 0.717) is 0 Å². The van der Waals surface area contributed by atoms with Crippen molar-refractivity contribution in [2.24, 2.45) is 0 Å². The van der Waals surface area contributed by atoms with Gasteiger partial charge in [0.25, 0.3) is 0 Å². The quantitative estimate of drug-likeness (QED) is 0.724. The summed E-state index contributed by atoms with van der Waals surface area (Å²) in [6, 6.07) is 18.0. The molecular formula is C21H27N. The lowest BCUT2D eigenvalue weighted by molar-refractivity contribution is 0.505. The zero-order valence-corrected chi connectivity index (χ0v) is 14.0. The summed E-state index contributed by atoms with van der Waals surface area (Å²) in [6.45, 7) is 11.0. The fourth-order valence-electron chi connectivity index (χ4n) is 1.47. The first-order chi connectivity index (χ1) is 10.5. The van der Waals surface area contributed by atoms with E-state index in [-0.39, 0.29) is 0 Å². The van der Waals surface area contributed by atoms with Crippen LogP contribution in [0.1, 0.15) is 16.7 Å².